The maximum absolute atomic E-state index is 11.8. The van der Waals surface area contributed by atoms with Gasteiger partial charge in [-0.2, -0.15) is 0 Å². The molecule has 0 bridgehead atoms. The zero-order valence-electron chi connectivity index (χ0n) is 11.5. The van der Waals surface area contributed by atoms with E-state index in [-0.39, 0.29) is 5.91 Å². The molecule has 3 N–H and O–H groups in total. The lowest BCUT2D eigenvalue weighted by Gasteiger charge is -2.25. The number of hydrogen-bond acceptors (Lipinski definition) is 2. The maximum atomic E-state index is 11.8. The SMILES string of the molecule is NC1CCC(CCC(=O)NCC2CCCC2)CC1. The summed E-state index contributed by atoms with van der Waals surface area (Å²) in [5.41, 5.74) is 5.89. The number of rotatable bonds is 5. The van der Waals surface area contributed by atoms with Crippen LogP contribution in [0, 0.1) is 11.8 Å². The Morgan fingerprint density at radius 3 is 2.33 bits per heavy atom. The van der Waals surface area contributed by atoms with Gasteiger partial charge in [0.1, 0.15) is 0 Å². The minimum absolute atomic E-state index is 0.261. The first kappa shape index (κ1) is 13.9. The van der Waals surface area contributed by atoms with Crippen molar-refractivity contribution in [1.82, 2.24) is 5.32 Å². The van der Waals surface area contributed by atoms with Crippen molar-refractivity contribution in [3.8, 4) is 0 Å². The summed E-state index contributed by atoms with van der Waals surface area (Å²) < 4.78 is 0. The normalized spacial score (nSPS) is 29.4. The van der Waals surface area contributed by atoms with E-state index < -0.39 is 0 Å². The molecule has 1 amide bonds. The predicted octanol–water partition coefficient (Wildman–Crippen LogP) is 2.59. The van der Waals surface area contributed by atoms with Crippen molar-refractivity contribution < 1.29 is 4.79 Å². The molecule has 0 aromatic carbocycles. The molecular formula is C15H28N2O. The summed E-state index contributed by atoms with van der Waals surface area (Å²) in [4.78, 5) is 11.8. The van der Waals surface area contributed by atoms with Gasteiger partial charge in [0.2, 0.25) is 5.91 Å². The van der Waals surface area contributed by atoms with Crippen LogP contribution >= 0.6 is 0 Å². The van der Waals surface area contributed by atoms with Crippen LogP contribution in [0.15, 0.2) is 0 Å². The fourth-order valence-corrected chi connectivity index (χ4v) is 3.37. The van der Waals surface area contributed by atoms with Crippen molar-refractivity contribution >= 4 is 5.91 Å². The summed E-state index contributed by atoms with van der Waals surface area (Å²) in [6, 6.07) is 0.414. The first-order chi connectivity index (χ1) is 8.74. The second kappa shape index (κ2) is 7.13. The highest BCUT2D eigenvalue weighted by Crippen LogP contribution is 2.27. The molecule has 2 fully saturated rings. The van der Waals surface area contributed by atoms with Crippen LogP contribution in [0.1, 0.15) is 64.2 Å². The summed E-state index contributed by atoms with van der Waals surface area (Å²) in [5, 5.41) is 3.11. The molecule has 0 aromatic heterocycles. The van der Waals surface area contributed by atoms with Crippen LogP contribution in [0.25, 0.3) is 0 Å². The van der Waals surface area contributed by atoms with Gasteiger partial charge in [-0.25, -0.2) is 0 Å². The monoisotopic (exact) mass is 252 g/mol. The van der Waals surface area contributed by atoms with Crippen molar-refractivity contribution in [3.05, 3.63) is 0 Å². The molecule has 0 heterocycles. The highest BCUT2D eigenvalue weighted by Gasteiger charge is 2.20. The molecule has 2 saturated carbocycles. The van der Waals surface area contributed by atoms with Crippen molar-refractivity contribution in [1.29, 1.82) is 0 Å². The van der Waals surface area contributed by atoms with Crippen LogP contribution in [0.3, 0.4) is 0 Å². The molecule has 3 heteroatoms. The van der Waals surface area contributed by atoms with Gasteiger partial charge in [0.25, 0.3) is 0 Å². The molecule has 2 aliphatic carbocycles. The van der Waals surface area contributed by atoms with Crippen molar-refractivity contribution in [3.63, 3.8) is 0 Å². The average molecular weight is 252 g/mol. The van der Waals surface area contributed by atoms with Crippen LogP contribution in [0.4, 0.5) is 0 Å². The number of carbonyl (C=O) groups excluding carboxylic acids is 1. The van der Waals surface area contributed by atoms with Crippen LogP contribution < -0.4 is 11.1 Å². The minimum Gasteiger partial charge on any atom is -0.356 e. The van der Waals surface area contributed by atoms with Gasteiger partial charge >= 0.3 is 0 Å². The highest BCUT2D eigenvalue weighted by atomic mass is 16.1. The fourth-order valence-electron chi connectivity index (χ4n) is 3.37. The molecule has 0 saturated heterocycles. The molecule has 0 aromatic rings. The van der Waals surface area contributed by atoms with E-state index in [0.29, 0.717) is 12.5 Å². The van der Waals surface area contributed by atoms with E-state index in [0.717, 1.165) is 37.6 Å². The van der Waals surface area contributed by atoms with Gasteiger partial charge in [-0.05, 0) is 56.8 Å². The lowest BCUT2D eigenvalue weighted by molar-refractivity contribution is -0.121. The van der Waals surface area contributed by atoms with E-state index >= 15 is 0 Å². The largest absolute Gasteiger partial charge is 0.356 e. The smallest absolute Gasteiger partial charge is 0.220 e. The quantitative estimate of drug-likeness (QED) is 0.790. The maximum Gasteiger partial charge on any atom is 0.220 e. The average Bonchev–Trinajstić information content (AvgIpc) is 2.89. The summed E-state index contributed by atoms with van der Waals surface area (Å²) in [5.74, 6) is 1.75. The molecule has 0 unspecified atom stereocenters. The third-order valence-electron chi connectivity index (χ3n) is 4.73. The number of nitrogens with one attached hydrogen (secondary N) is 1. The molecular weight excluding hydrogens is 224 g/mol. The van der Waals surface area contributed by atoms with E-state index in [4.69, 9.17) is 5.73 Å². The van der Waals surface area contributed by atoms with Crippen molar-refractivity contribution in [2.75, 3.05) is 6.54 Å². The fraction of sp³-hybridized carbons (Fsp3) is 0.933. The molecule has 0 atom stereocenters. The molecule has 3 nitrogen and oxygen atoms in total. The van der Waals surface area contributed by atoms with Gasteiger partial charge < -0.3 is 11.1 Å². The molecule has 0 radical (unpaired) electrons. The Balaban J connectivity index is 1.54. The zero-order chi connectivity index (χ0) is 12.8. The van der Waals surface area contributed by atoms with Gasteiger partial charge in [0, 0.05) is 19.0 Å². The van der Waals surface area contributed by atoms with Crippen molar-refractivity contribution in [2.24, 2.45) is 17.6 Å². The molecule has 18 heavy (non-hydrogen) atoms. The van der Waals surface area contributed by atoms with Gasteiger partial charge in [0.05, 0.1) is 0 Å². The van der Waals surface area contributed by atoms with E-state index in [9.17, 15) is 4.79 Å². The number of hydrogen-bond donors (Lipinski definition) is 2. The topological polar surface area (TPSA) is 55.1 Å². The van der Waals surface area contributed by atoms with E-state index in [2.05, 4.69) is 5.32 Å². The summed E-state index contributed by atoms with van der Waals surface area (Å²) in [7, 11) is 0. The second-order valence-electron chi connectivity index (χ2n) is 6.27. The first-order valence-corrected chi connectivity index (χ1v) is 7.76. The van der Waals surface area contributed by atoms with E-state index in [1.165, 1.54) is 38.5 Å². The zero-order valence-corrected chi connectivity index (χ0v) is 11.5. The molecule has 2 aliphatic rings. The van der Waals surface area contributed by atoms with Crippen LogP contribution in [-0.4, -0.2) is 18.5 Å². The van der Waals surface area contributed by atoms with Crippen LogP contribution in [-0.2, 0) is 4.79 Å². The van der Waals surface area contributed by atoms with Gasteiger partial charge in [-0.15, -0.1) is 0 Å². The van der Waals surface area contributed by atoms with Crippen LogP contribution in [0.2, 0.25) is 0 Å². The lowest BCUT2D eigenvalue weighted by atomic mass is 9.84. The summed E-state index contributed by atoms with van der Waals surface area (Å²) in [6.07, 6.45) is 11.8. The van der Waals surface area contributed by atoms with Gasteiger partial charge in [0.15, 0.2) is 0 Å². The number of amides is 1. The Bertz CT molecular complexity index is 253. The first-order valence-electron chi connectivity index (χ1n) is 7.76. The van der Waals surface area contributed by atoms with Crippen LogP contribution in [0.5, 0.6) is 0 Å². The summed E-state index contributed by atoms with van der Waals surface area (Å²) >= 11 is 0. The standard InChI is InChI=1S/C15H28N2O/c16-14-8-5-12(6-9-14)7-10-15(18)17-11-13-3-1-2-4-13/h12-14H,1-11,16H2,(H,17,18). The number of carbonyl (C=O) groups is 1. The molecule has 0 aliphatic heterocycles. The van der Waals surface area contributed by atoms with Crippen molar-refractivity contribution in [2.45, 2.75) is 70.3 Å². The Morgan fingerprint density at radius 2 is 1.67 bits per heavy atom. The molecule has 0 spiro atoms. The lowest BCUT2D eigenvalue weighted by Crippen LogP contribution is -2.30. The molecule has 2 rings (SSSR count). The Kier molecular flexibility index (Phi) is 5.48. The Labute approximate surface area is 111 Å². The van der Waals surface area contributed by atoms with E-state index in [1.807, 2.05) is 0 Å². The minimum atomic E-state index is 0.261. The third-order valence-corrected chi connectivity index (χ3v) is 4.73. The van der Waals surface area contributed by atoms with E-state index in [1.54, 1.807) is 0 Å². The number of nitrogens with two attached hydrogens (primary N) is 1. The highest BCUT2D eigenvalue weighted by molar-refractivity contribution is 5.75. The van der Waals surface area contributed by atoms with Gasteiger partial charge in [-0.1, -0.05) is 12.8 Å². The third kappa shape index (κ3) is 4.60. The summed E-state index contributed by atoms with van der Waals surface area (Å²) in [6.45, 7) is 0.911. The second-order valence-corrected chi connectivity index (χ2v) is 6.27. The Morgan fingerprint density at radius 1 is 1.00 bits per heavy atom. The predicted molar refractivity (Wildman–Crippen MR) is 74.1 cm³/mol. The van der Waals surface area contributed by atoms with Gasteiger partial charge in [-0.3, -0.25) is 4.79 Å². The molecule has 104 valence electrons. The Hall–Kier alpha value is -0.570.